The Hall–Kier alpha value is -3.15. The molecule has 33 heavy (non-hydrogen) atoms. The summed E-state index contributed by atoms with van der Waals surface area (Å²) in [5.41, 5.74) is 3.30. The minimum atomic E-state index is -0.222. The number of aryl methyl sites for hydroxylation is 2. The average Bonchev–Trinajstić information content (AvgIpc) is 3.18. The van der Waals surface area contributed by atoms with Gasteiger partial charge in [0.25, 0.3) is 0 Å². The fourth-order valence-corrected chi connectivity index (χ4v) is 4.58. The molecular formula is C27H32FN3O2. The molecule has 1 aromatic heterocycles. The third-order valence-corrected chi connectivity index (χ3v) is 6.52. The third kappa shape index (κ3) is 6.01. The Balaban J connectivity index is 1.34. The van der Waals surface area contributed by atoms with E-state index in [9.17, 15) is 9.18 Å². The number of aromatic nitrogens is 2. The van der Waals surface area contributed by atoms with Gasteiger partial charge in [0.15, 0.2) is 0 Å². The molecule has 1 aliphatic rings. The molecule has 1 saturated heterocycles. The molecule has 1 atom stereocenters. The largest absolute Gasteiger partial charge is 0.497 e. The first-order valence-corrected chi connectivity index (χ1v) is 11.7. The number of methoxy groups -OCH3 is 1. The predicted octanol–water partition coefficient (Wildman–Crippen LogP) is 4.80. The Morgan fingerprint density at radius 3 is 2.58 bits per heavy atom. The van der Waals surface area contributed by atoms with E-state index in [-0.39, 0.29) is 11.7 Å². The highest BCUT2D eigenvalue weighted by molar-refractivity contribution is 5.76. The molecular weight excluding hydrogens is 417 g/mol. The number of amides is 1. The molecule has 0 spiro atoms. The van der Waals surface area contributed by atoms with Crippen LogP contribution in [0.2, 0.25) is 0 Å². The lowest BCUT2D eigenvalue weighted by Crippen LogP contribution is -2.40. The van der Waals surface area contributed by atoms with Crippen LogP contribution in [0, 0.1) is 18.7 Å². The maximum absolute atomic E-state index is 13.3. The number of piperidine rings is 1. The summed E-state index contributed by atoms with van der Waals surface area (Å²) < 4.78 is 20.7. The van der Waals surface area contributed by atoms with Crippen LogP contribution in [0.3, 0.4) is 0 Å². The number of hydrogen-bond donors (Lipinski definition) is 0. The first kappa shape index (κ1) is 23.0. The Morgan fingerprint density at radius 1 is 1.12 bits per heavy atom. The summed E-state index contributed by atoms with van der Waals surface area (Å²) in [4.78, 5) is 19.6. The maximum Gasteiger partial charge on any atom is 0.222 e. The average molecular weight is 450 g/mol. The number of carbonyl (C=O) groups is 1. The van der Waals surface area contributed by atoms with Crippen LogP contribution in [-0.2, 0) is 24.2 Å². The van der Waals surface area contributed by atoms with Gasteiger partial charge in [-0.25, -0.2) is 9.37 Å². The van der Waals surface area contributed by atoms with Crippen molar-refractivity contribution in [2.75, 3.05) is 20.2 Å². The lowest BCUT2D eigenvalue weighted by atomic mass is 9.94. The summed E-state index contributed by atoms with van der Waals surface area (Å²) in [6.07, 6.45) is 6.14. The summed E-state index contributed by atoms with van der Waals surface area (Å²) in [6.45, 7) is 4.35. The van der Waals surface area contributed by atoms with Crippen LogP contribution in [0.4, 0.5) is 4.39 Å². The van der Waals surface area contributed by atoms with Crippen molar-refractivity contribution in [2.24, 2.45) is 5.92 Å². The van der Waals surface area contributed by atoms with E-state index in [0.29, 0.717) is 18.9 Å². The van der Waals surface area contributed by atoms with Gasteiger partial charge in [0.1, 0.15) is 17.4 Å². The SMILES string of the molecule is COc1ccc(CCC(=O)N2CCCC(Cc3ncc(C)n3Cc3ccc(F)cc3)C2)cc1. The number of nitrogens with zero attached hydrogens (tertiary/aromatic N) is 3. The molecule has 5 nitrogen and oxygen atoms in total. The lowest BCUT2D eigenvalue weighted by Gasteiger charge is -2.33. The number of hydrogen-bond acceptors (Lipinski definition) is 3. The minimum Gasteiger partial charge on any atom is -0.497 e. The molecule has 0 saturated carbocycles. The van der Waals surface area contributed by atoms with Crippen molar-refractivity contribution >= 4 is 5.91 Å². The van der Waals surface area contributed by atoms with Gasteiger partial charge in [-0.05, 0) is 67.5 Å². The molecule has 4 rings (SSSR count). The Kier molecular flexibility index (Phi) is 7.43. The van der Waals surface area contributed by atoms with Gasteiger partial charge in [-0.1, -0.05) is 24.3 Å². The summed E-state index contributed by atoms with van der Waals surface area (Å²) in [5, 5.41) is 0. The van der Waals surface area contributed by atoms with Crippen LogP contribution in [0.25, 0.3) is 0 Å². The van der Waals surface area contributed by atoms with Crippen molar-refractivity contribution in [1.82, 2.24) is 14.5 Å². The molecule has 2 aromatic carbocycles. The molecule has 0 aliphatic carbocycles. The second-order valence-electron chi connectivity index (χ2n) is 8.93. The van der Waals surface area contributed by atoms with Gasteiger partial charge in [0.2, 0.25) is 5.91 Å². The van der Waals surface area contributed by atoms with Crippen molar-refractivity contribution in [3.05, 3.63) is 83.2 Å². The van der Waals surface area contributed by atoms with Gasteiger partial charge >= 0.3 is 0 Å². The molecule has 1 fully saturated rings. The highest BCUT2D eigenvalue weighted by atomic mass is 19.1. The fraction of sp³-hybridized carbons (Fsp3) is 0.407. The van der Waals surface area contributed by atoms with Crippen LogP contribution in [0.1, 0.15) is 41.9 Å². The first-order chi connectivity index (χ1) is 16.0. The minimum absolute atomic E-state index is 0.222. The zero-order chi connectivity index (χ0) is 23.2. The number of halogens is 1. The number of ether oxygens (including phenoxy) is 1. The third-order valence-electron chi connectivity index (χ3n) is 6.52. The summed E-state index contributed by atoms with van der Waals surface area (Å²) in [7, 11) is 1.65. The van der Waals surface area contributed by atoms with Crippen molar-refractivity contribution < 1.29 is 13.9 Å². The summed E-state index contributed by atoms with van der Waals surface area (Å²) in [6, 6.07) is 14.6. The molecule has 1 aliphatic heterocycles. The molecule has 2 heterocycles. The number of carbonyl (C=O) groups excluding carboxylic acids is 1. The Bertz CT molecular complexity index is 1060. The quantitative estimate of drug-likeness (QED) is 0.496. The number of likely N-dealkylation sites (tertiary alicyclic amines) is 1. The molecule has 3 aromatic rings. The second-order valence-corrected chi connectivity index (χ2v) is 8.93. The fourth-order valence-electron chi connectivity index (χ4n) is 4.58. The van der Waals surface area contributed by atoms with Crippen LogP contribution in [0.15, 0.2) is 54.7 Å². The molecule has 0 N–H and O–H groups in total. The van der Waals surface area contributed by atoms with Crippen molar-refractivity contribution in [2.45, 2.75) is 45.6 Å². The predicted molar refractivity (Wildman–Crippen MR) is 127 cm³/mol. The molecule has 0 bridgehead atoms. The van der Waals surface area contributed by atoms with E-state index in [1.807, 2.05) is 47.5 Å². The Labute approximate surface area is 195 Å². The second kappa shape index (κ2) is 10.6. The molecule has 0 radical (unpaired) electrons. The van der Waals surface area contributed by atoms with E-state index < -0.39 is 0 Å². The summed E-state index contributed by atoms with van der Waals surface area (Å²) >= 11 is 0. The lowest BCUT2D eigenvalue weighted by molar-refractivity contribution is -0.133. The van der Waals surface area contributed by atoms with Gasteiger partial charge in [-0.3, -0.25) is 4.79 Å². The maximum atomic E-state index is 13.3. The highest BCUT2D eigenvalue weighted by Crippen LogP contribution is 2.23. The number of benzene rings is 2. The van der Waals surface area contributed by atoms with Crippen LogP contribution in [-0.4, -0.2) is 40.6 Å². The number of rotatable bonds is 8. The monoisotopic (exact) mass is 449 g/mol. The zero-order valence-electron chi connectivity index (χ0n) is 19.5. The van der Waals surface area contributed by atoms with E-state index >= 15 is 0 Å². The molecule has 174 valence electrons. The van der Waals surface area contributed by atoms with E-state index in [1.54, 1.807) is 7.11 Å². The normalized spacial score (nSPS) is 16.1. The van der Waals surface area contributed by atoms with E-state index in [2.05, 4.69) is 16.5 Å². The first-order valence-electron chi connectivity index (χ1n) is 11.7. The van der Waals surface area contributed by atoms with Gasteiger partial charge < -0.3 is 14.2 Å². The molecule has 6 heteroatoms. The van der Waals surface area contributed by atoms with Gasteiger partial charge in [0, 0.05) is 44.4 Å². The van der Waals surface area contributed by atoms with E-state index in [1.165, 1.54) is 12.1 Å². The topological polar surface area (TPSA) is 47.4 Å². The van der Waals surface area contributed by atoms with Crippen molar-refractivity contribution in [1.29, 1.82) is 0 Å². The van der Waals surface area contributed by atoms with Gasteiger partial charge in [-0.2, -0.15) is 0 Å². The van der Waals surface area contributed by atoms with E-state index in [0.717, 1.165) is 67.2 Å². The molecule has 1 unspecified atom stereocenters. The van der Waals surface area contributed by atoms with Crippen LogP contribution >= 0.6 is 0 Å². The van der Waals surface area contributed by atoms with E-state index in [4.69, 9.17) is 4.74 Å². The smallest absolute Gasteiger partial charge is 0.222 e. The van der Waals surface area contributed by atoms with Crippen molar-refractivity contribution in [3.63, 3.8) is 0 Å². The number of imidazole rings is 1. The van der Waals surface area contributed by atoms with Crippen LogP contribution in [0.5, 0.6) is 5.75 Å². The molecule has 1 amide bonds. The highest BCUT2D eigenvalue weighted by Gasteiger charge is 2.25. The van der Waals surface area contributed by atoms with Crippen LogP contribution < -0.4 is 4.74 Å². The Morgan fingerprint density at radius 2 is 1.85 bits per heavy atom. The standard InChI is InChI=1S/C27H32FN3O2/c1-20-17-29-26(31(20)19-22-5-10-24(28)11-6-22)16-23-4-3-15-30(18-23)27(32)14-9-21-7-12-25(33-2)13-8-21/h5-8,10-13,17,23H,3-4,9,14-16,18-19H2,1-2H3. The van der Waals surface area contributed by atoms with Crippen molar-refractivity contribution in [3.8, 4) is 5.75 Å². The summed E-state index contributed by atoms with van der Waals surface area (Å²) in [5.74, 6) is 2.27. The van der Waals surface area contributed by atoms with Gasteiger partial charge in [0.05, 0.1) is 7.11 Å². The zero-order valence-corrected chi connectivity index (χ0v) is 19.5. The van der Waals surface area contributed by atoms with Gasteiger partial charge in [-0.15, -0.1) is 0 Å².